The smallest absolute Gasteiger partial charge is 0.319 e. The number of carbonyl (C=O) groups excluding carboxylic acids is 2. The van der Waals surface area contributed by atoms with E-state index in [1.807, 2.05) is 54.6 Å². The van der Waals surface area contributed by atoms with Crippen LogP contribution in [0.25, 0.3) is 0 Å². The summed E-state index contributed by atoms with van der Waals surface area (Å²) >= 11 is 0. The van der Waals surface area contributed by atoms with E-state index in [0.717, 1.165) is 33.8 Å². The molecule has 0 fully saturated rings. The molecule has 0 bridgehead atoms. The Morgan fingerprint density at radius 1 is 0.882 bits per heavy atom. The summed E-state index contributed by atoms with van der Waals surface area (Å²) in [6.45, 7) is 8.76. The molecular formula is C29H33N3O2. The number of carbonyl (C=O) groups is 2. The second-order valence-corrected chi connectivity index (χ2v) is 9.49. The van der Waals surface area contributed by atoms with Crippen molar-refractivity contribution in [2.24, 2.45) is 5.92 Å². The molecule has 0 aromatic heterocycles. The quantitative estimate of drug-likeness (QED) is 0.440. The van der Waals surface area contributed by atoms with Gasteiger partial charge in [0.1, 0.15) is 0 Å². The zero-order chi connectivity index (χ0) is 24.2. The van der Waals surface area contributed by atoms with Crippen molar-refractivity contribution in [1.29, 1.82) is 0 Å². The van der Waals surface area contributed by atoms with E-state index in [4.69, 9.17) is 0 Å². The third kappa shape index (κ3) is 4.84. The van der Waals surface area contributed by atoms with Crippen molar-refractivity contribution >= 4 is 29.0 Å². The molecule has 0 saturated heterocycles. The number of anilines is 3. The van der Waals surface area contributed by atoms with Crippen molar-refractivity contribution in [2.45, 2.75) is 46.0 Å². The number of benzene rings is 3. The molecule has 4 rings (SSSR count). The predicted octanol–water partition coefficient (Wildman–Crippen LogP) is 6.59. The first-order valence-corrected chi connectivity index (χ1v) is 12.0. The van der Waals surface area contributed by atoms with Gasteiger partial charge in [0, 0.05) is 17.9 Å². The molecule has 0 saturated carbocycles. The van der Waals surface area contributed by atoms with Gasteiger partial charge in [0.15, 0.2) is 0 Å². The topological polar surface area (TPSA) is 61.4 Å². The predicted molar refractivity (Wildman–Crippen MR) is 139 cm³/mol. The summed E-state index contributed by atoms with van der Waals surface area (Å²) < 4.78 is 0. The van der Waals surface area contributed by atoms with E-state index in [1.54, 1.807) is 4.90 Å². The van der Waals surface area contributed by atoms with Gasteiger partial charge in [-0.25, -0.2) is 4.79 Å². The van der Waals surface area contributed by atoms with Crippen LogP contribution in [0.4, 0.5) is 21.9 Å². The van der Waals surface area contributed by atoms with Crippen LogP contribution in [0.5, 0.6) is 0 Å². The molecule has 0 spiro atoms. The fourth-order valence-corrected chi connectivity index (χ4v) is 4.63. The summed E-state index contributed by atoms with van der Waals surface area (Å²) in [5, 5.41) is 6.05. The zero-order valence-corrected chi connectivity index (χ0v) is 20.3. The average Bonchev–Trinajstić information content (AvgIpc) is 2.83. The molecule has 176 valence electrons. The number of rotatable bonds is 6. The van der Waals surface area contributed by atoms with Gasteiger partial charge in [-0.3, -0.25) is 9.69 Å². The van der Waals surface area contributed by atoms with Crippen LogP contribution < -0.4 is 15.5 Å². The molecule has 3 aromatic carbocycles. The highest BCUT2D eigenvalue weighted by Crippen LogP contribution is 2.36. The van der Waals surface area contributed by atoms with Gasteiger partial charge in [-0.1, -0.05) is 82.3 Å². The number of nitrogens with zero attached hydrogens (tertiary/aromatic N) is 1. The maximum absolute atomic E-state index is 13.5. The number of hydrogen-bond donors (Lipinski definition) is 2. The van der Waals surface area contributed by atoms with Crippen LogP contribution in [0, 0.1) is 5.92 Å². The zero-order valence-electron chi connectivity index (χ0n) is 20.3. The second-order valence-electron chi connectivity index (χ2n) is 9.49. The molecular weight excluding hydrogens is 422 g/mol. The van der Waals surface area contributed by atoms with E-state index in [1.165, 1.54) is 0 Å². The van der Waals surface area contributed by atoms with E-state index < -0.39 is 0 Å². The van der Waals surface area contributed by atoms with E-state index in [0.29, 0.717) is 6.42 Å². The second kappa shape index (κ2) is 10.1. The normalized spacial score (nSPS) is 15.4. The van der Waals surface area contributed by atoms with Crippen molar-refractivity contribution in [3.63, 3.8) is 0 Å². The highest BCUT2D eigenvalue weighted by molar-refractivity contribution is 6.04. The maximum atomic E-state index is 13.5. The molecule has 34 heavy (non-hydrogen) atoms. The Bertz CT molecular complexity index is 1140. The van der Waals surface area contributed by atoms with Gasteiger partial charge in [0.25, 0.3) is 0 Å². The molecule has 3 amide bonds. The summed E-state index contributed by atoms with van der Waals surface area (Å²) in [7, 11) is 0. The van der Waals surface area contributed by atoms with Gasteiger partial charge in [0.05, 0.1) is 11.6 Å². The van der Waals surface area contributed by atoms with Gasteiger partial charge in [-0.15, -0.1) is 0 Å². The monoisotopic (exact) mass is 455 g/mol. The molecule has 1 unspecified atom stereocenters. The lowest BCUT2D eigenvalue weighted by atomic mass is 9.91. The average molecular weight is 456 g/mol. The standard InChI is InChI=1S/C29H33N3O2/c1-19(2)24-14-10-15-25(20(3)4)27(24)31-29(34)30-18-22-17-21-11-8-9-16-26(21)32(28(22)33)23-12-6-5-7-13-23/h5-16,19-20,22H,17-18H2,1-4H3,(H2,30,31,34). The van der Waals surface area contributed by atoms with Gasteiger partial charge in [-0.05, 0) is 53.1 Å². The Kier molecular flexibility index (Phi) is 7.01. The van der Waals surface area contributed by atoms with E-state index >= 15 is 0 Å². The van der Waals surface area contributed by atoms with Crippen molar-refractivity contribution in [1.82, 2.24) is 5.32 Å². The van der Waals surface area contributed by atoms with Gasteiger partial charge < -0.3 is 10.6 Å². The lowest BCUT2D eigenvalue weighted by Gasteiger charge is -2.34. The Morgan fingerprint density at radius 3 is 2.15 bits per heavy atom. The molecule has 5 nitrogen and oxygen atoms in total. The molecule has 2 N–H and O–H groups in total. The van der Waals surface area contributed by atoms with Crippen molar-refractivity contribution < 1.29 is 9.59 Å². The van der Waals surface area contributed by atoms with E-state index in [9.17, 15) is 9.59 Å². The highest BCUT2D eigenvalue weighted by Gasteiger charge is 2.33. The van der Waals surface area contributed by atoms with Crippen molar-refractivity contribution in [2.75, 3.05) is 16.8 Å². The van der Waals surface area contributed by atoms with Crippen molar-refractivity contribution in [3.05, 3.63) is 89.5 Å². The number of hydrogen-bond acceptors (Lipinski definition) is 2. The maximum Gasteiger partial charge on any atom is 0.319 e. The molecule has 1 heterocycles. The van der Waals surface area contributed by atoms with E-state index in [-0.39, 0.29) is 36.2 Å². The summed E-state index contributed by atoms with van der Waals surface area (Å²) in [6, 6.07) is 23.5. The fraction of sp³-hybridized carbons (Fsp3) is 0.310. The third-order valence-electron chi connectivity index (χ3n) is 6.40. The molecule has 0 aliphatic carbocycles. The van der Waals surface area contributed by atoms with Gasteiger partial charge in [-0.2, -0.15) is 0 Å². The minimum absolute atomic E-state index is 0.00403. The van der Waals surface area contributed by atoms with Crippen LogP contribution in [0.1, 0.15) is 56.2 Å². The van der Waals surface area contributed by atoms with Crippen molar-refractivity contribution in [3.8, 4) is 0 Å². The van der Waals surface area contributed by atoms with Crippen LogP contribution >= 0.6 is 0 Å². The summed E-state index contributed by atoms with van der Waals surface area (Å²) in [5.74, 6) is 0.219. The lowest BCUT2D eigenvalue weighted by molar-refractivity contribution is -0.121. The minimum atomic E-state index is -0.342. The molecule has 5 heteroatoms. The fourth-order valence-electron chi connectivity index (χ4n) is 4.63. The first-order chi connectivity index (χ1) is 16.4. The SMILES string of the molecule is CC(C)c1cccc(C(C)C)c1NC(=O)NCC1Cc2ccccc2N(c2ccccc2)C1=O. The number of para-hydroxylation sites is 3. The summed E-state index contributed by atoms with van der Waals surface area (Å²) in [5.41, 5.74) is 5.94. The Hall–Kier alpha value is -3.60. The van der Waals surface area contributed by atoms with E-state index in [2.05, 4.69) is 56.5 Å². The van der Waals surface area contributed by atoms with Gasteiger partial charge in [0.2, 0.25) is 5.91 Å². The largest absolute Gasteiger partial charge is 0.337 e. The minimum Gasteiger partial charge on any atom is -0.337 e. The Morgan fingerprint density at radius 2 is 1.50 bits per heavy atom. The first kappa shape index (κ1) is 23.6. The van der Waals surface area contributed by atoms with Crippen LogP contribution in [0.2, 0.25) is 0 Å². The van der Waals surface area contributed by atoms with Crippen LogP contribution in [0.3, 0.4) is 0 Å². The van der Waals surface area contributed by atoms with Crippen LogP contribution in [-0.4, -0.2) is 18.5 Å². The van der Waals surface area contributed by atoms with Crippen LogP contribution in [-0.2, 0) is 11.2 Å². The molecule has 0 radical (unpaired) electrons. The highest BCUT2D eigenvalue weighted by atomic mass is 16.2. The first-order valence-electron chi connectivity index (χ1n) is 12.0. The summed E-state index contributed by atoms with van der Waals surface area (Å²) in [6.07, 6.45) is 0.596. The Balaban J connectivity index is 1.52. The molecule has 1 aliphatic heterocycles. The number of nitrogens with one attached hydrogen (secondary N) is 2. The number of fused-ring (bicyclic) bond motifs is 1. The number of urea groups is 1. The molecule has 3 aromatic rings. The molecule has 1 atom stereocenters. The summed E-state index contributed by atoms with van der Waals surface area (Å²) in [4.78, 5) is 28.2. The Labute approximate surface area is 202 Å². The third-order valence-corrected chi connectivity index (χ3v) is 6.40. The lowest BCUT2D eigenvalue weighted by Crippen LogP contribution is -2.44. The number of amides is 3. The van der Waals surface area contributed by atoms with Crippen LogP contribution in [0.15, 0.2) is 72.8 Å². The molecule has 1 aliphatic rings. The van der Waals surface area contributed by atoms with Gasteiger partial charge >= 0.3 is 6.03 Å².